The van der Waals surface area contributed by atoms with Gasteiger partial charge in [0, 0.05) is 7.11 Å². The Bertz CT molecular complexity index is 445. The second-order valence-corrected chi connectivity index (χ2v) is 5.70. The molecule has 0 aromatic heterocycles. The molecule has 3 rings (SSSR count). The molecule has 0 bridgehead atoms. The van der Waals surface area contributed by atoms with Crippen molar-refractivity contribution in [2.75, 3.05) is 13.9 Å². The Labute approximate surface area is 117 Å². The summed E-state index contributed by atoms with van der Waals surface area (Å²) in [7, 11) is 1.53. The van der Waals surface area contributed by atoms with E-state index in [1.165, 1.54) is 7.11 Å². The van der Waals surface area contributed by atoms with Gasteiger partial charge in [-0.2, -0.15) is 0 Å². The third-order valence-electron chi connectivity index (χ3n) is 3.91. The van der Waals surface area contributed by atoms with Gasteiger partial charge in [-0.3, -0.25) is 0 Å². The Kier molecular flexibility index (Phi) is 3.28. The standard InChI is InChI=1S/C14H20O6/c1-8-5-6-9(15)10-14(8,17-7-16-4)11-12(18-10)20-13(2,3)19-11/h5-6,9-12,15H,1,7H2,2-4H3/t9-,10-,11+,12-,14-/m1/s1. The predicted molar refractivity (Wildman–Crippen MR) is 68.7 cm³/mol. The van der Waals surface area contributed by atoms with Crippen molar-refractivity contribution in [1.29, 1.82) is 0 Å². The van der Waals surface area contributed by atoms with Crippen LogP contribution < -0.4 is 0 Å². The molecule has 0 amide bonds. The first kappa shape index (κ1) is 14.2. The van der Waals surface area contributed by atoms with Crippen LogP contribution in [0.2, 0.25) is 0 Å². The van der Waals surface area contributed by atoms with Crippen molar-refractivity contribution in [3.8, 4) is 0 Å². The number of rotatable bonds is 3. The lowest BCUT2D eigenvalue weighted by Crippen LogP contribution is -2.57. The van der Waals surface area contributed by atoms with E-state index in [-0.39, 0.29) is 6.79 Å². The van der Waals surface area contributed by atoms with Gasteiger partial charge in [0.15, 0.2) is 17.7 Å². The molecule has 0 saturated carbocycles. The number of hydrogen-bond donors (Lipinski definition) is 1. The zero-order chi connectivity index (χ0) is 14.5. The van der Waals surface area contributed by atoms with E-state index in [2.05, 4.69) is 6.58 Å². The summed E-state index contributed by atoms with van der Waals surface area (Å²) in [6.07, 6.45) is 0.840. The molecule has 0 aromatic rings. The summed E-state index contributed by atoms with van der Waals surface area (Å²) in [6, 6.07) is 0. The van der Waals surface area contributed by atoms with Crippen molar-refractivity contribution >= 4 is 0 Å². The maximum absolute atomic E-state index is 10.2. The molecule has 112 valence electrons. The number of ether oxygens (including phenoxy) is 5. The second-order valence-electron chi connectivity index (χ2n) is 5.70. The lowest BCUT2D eigenvalue weighted by Gasteiger charge is -2.41. The van der Waals surface area contributed by atoms with Crippen LogP contribution in [-0.4, -0.2) is 55.0 Å². The molecule has 1 N–H and O–H groups in total. The summed E-state index contributed by atoms with van der Waals surface area (Å²) < 4.78 is 28.3. The first-order valence-electron chi connectivity index (χ1n) is 6.60. The smallest absolute Gasteiger partial charge is 0.191 e. The van der Waals surface area contributed by atoms with E-state index in [0.29, 0.717) is 5.57 Å². The van der Waals surface area contributed by atoms with Crippen LogP contribution in [0.5, 0.6) is 0 Å². The minimum absolute atomic E-state index is 0.0481. The highest BCUT2D eigenvalue weighted by Crippen LogP contribution is 2.50. The van der Waals surface area contributed by atoms with Crippen LogP contribution in [0.25, 0.3) is 0 Å². The largest absolute Gasteiger partial charge is 0.386 e. The molecular weight excluding hydrogens is 264 g/mol. The maximum Gasteiger partial charge on any atom is 0.191 e. The maximum atomic E-state index is 10.2. The summed E-state index contributed by atoms with van der Waals surface area (Å²) >= 11 is 0. The Hall–Kier alpha value is -0.760. The summed E-state index contributed by atoms with van der Waals surface area (Å²) in [5.41, 5.74) is -0.318. The normalized spacial score (nSPS) is 45.5. The highest BCUT2D eigenvalue weighted by Gasteiger charge is 2.67. The summed E-state index contributed by atoms with van der Waals surface area (Å²) in [5.74, 6) is -0.768. The average molecular weight is 284 g/mol. The van der Waals surface area contributed by atoms with Crippen LogP contribution >= 0.6 is 0 Å². The van der Waals surface area contributed by atoms with Crippen molar-refractivity contribution in [3.05, 3.63) is 24.3 Å². The molecule has 0 radical (unpaired) electrons. The Morgan fingerprint density at radius 2 is 2.10 bits per heavy atom. The first-order chi connectivity index (χ1) is 9.40. The molecule has 0 unspecified atom stereocenters. The number of hydrogen-bond acceptors (Lipinski definition) is 6. The molecule has 2 saturated heterocycles. The Balaban J connectivity index is 1.99. The van der Waals surface area contributed by atoms with Gasteiger partial charge in [0.2, 0.25) is 0 Å². The average Bonchev–Trinajstić information content (AvgIpc) is 2.83. The molecule has 20 heavy (non-hydrogen) atoms. The topological polar surface area (TPSA) is 66.4 Å². The van der Waals surface area contributed by atoms with Gasteiger partial charge in [0.25, 0.3) is 0 Å². The van der Waals surface area contributed by atoms with E-state index in [9.17, 15) is 5.11 Å². The van der Waals surface area contributed by atoms with Gasteiger partial charge in [-0.1, -0.05) is 18.7 Å². The minimum Gasteiger partial charge on any atom is -0.386 e. The Morgan fingerprint density at radius 1 is 1.35 bits per heavy atom. The number of methoxy groups -OCH3 is 1. The SMILES string of the molecule is C=C1C=C[C@@H](O)[C@H]2O[C@@H]3OC(C)(C)O[C@@H]3[C@@]12OCOC. The van der Waals surface area contributed by atoms with Gasteiger partial charge in [0.1, 0.15) is 25.1 Å². The molecule has 2 fully saturated rings. The van der Waals surface area contributed by atoms with Crippen LogP contribution in [0.1, 0.15) is 13.8 Å². The molecule has 3 aliphatic rings. The van der Waals surface area contributed by atoms with Gasteiger partial charge < -0.3 is 28.8 Å². The van der Waals surface area contributed by atoms with E-state index >= 15 is 0 Å². The van der Waals surface area contributed by atoms with E-state index in [0.717, 1.165) is 0 Å². The lowest BCUT2D eigenvalue weighted by atomic mass is 9.78. The van der Waals surface area contributed by atoms with Crippen molar-refractivity contribution in [3.63, 3.8) is 0 Å². The Morgan fingerprint density at radius 3 is 2.80 bits per heavy atom. The van der Waals surface area contributed by atoms with Gasteiger partial charge >= 0.3 is 0 Å². The highest BCUT2D eigenvalue weighted by atomic mass is 16.8. The number of fused-ring (bicyclic) bond motifs is 3. The minimum atomic E-state index is -0.997. The fourth-order valence-electron chi connectivity index (χ4n) is 3.09. The molecule has 0 aromatic carbocycles. The predicted octanol–water partition coefficient (Wildman–Crippen LogP) is 0.709. The molecule has 6 heteroatoms. The monoisotopic (exact) mass is 284 g/mol. The number of aliphatic hydroxyl groups is 1. The van der Waals surface area contributed by atoms with Crippen molar-refractivity contribution in [1.82, 2.24) is 0 Å². The zero-order valence-electron chi connectivity index (χ0n) is 11.9. The van der Waals surface area contributed by atoms with E-state index in [4.69, 9.17) is 23.7 Å². The van der Waals surface area contributed by atoms with Gasteiger partial charge in [-0.25, -0.2) is 0 Å². The van der Waals surface area contributed by atoms with Crippen molar-refractivity contribution in [2.45, 2.75) is 49.8 Å². The van der Waals surface area contributed by atoms with Crippen molar-refractivity contribution in [2.24, 2.45) is 0 Å². The van der Waals surface area contributed by atoms with E-state index in [1.54, 1.807) is 12.2 Å². The van der Waals surface area contributed by atoms with E-state index < -0.39 is 36.0 Å². The third kappa shape index (κ3) is 1.88. The molecule has 1 aliphatic carbocycles. The van der Waals surface area contributed by atoms with Crippen LogP contribution in [0.4, 0.5) is 0 Å². The number of aliphatic hydroxyl groups excluding tert-OH is 1. The van der Waals surface area contributed by atoms with Gasteiger partial charge in [-0.15, -0.1) is 0 Å². The van der Waals surface area contributed by atoms with Gasteiger partial charge in [-0.05, 0) is 19.4 Å². The summed E-state index contributed by atoms with van der Waals surface area (Å²) in [6.45, 7) is 7.70. The summed E-state index contributed by atoms with van der Waals surface area (Å²) in [5, 5.41) is 10.2. The third-order valence-corrected chi connectivity index (χ3v) is 3.91. The van der Waals surface area contributed by atoms with Gasteiger partial charge in [0.05, 0.1) is 0 Å². The summed E-state index contributed by atoms with van der Waals surface area (Å²) in [4.78, 5) is 0. The molecule has 5 atom stereocenters. The highest BCUT2D eigenvalue weighted by molar-refractivity contribution is 5.39. The molecule has 2 aliphatic heterocycles. The fraction of sp³-hybridized carbons (Fsp3) is 0.714. The quantitative estimate of drug-likeness (QED) is 0.770. The molecular formula is C14H20O6. The molecule has 2 heterocycles. The van der Waals surface area contributed by atoms with Crippen LogP contribution in [0.15, 0.2) is 24.3 Å². The molecule has 0 spiro atoms. The van der Waals surface area contributed by atoms with Crippen molar-refractivity contribution < 1.29 is 28.8 Å². The molecule has 6 nitrogen and oxygen atoms in total. The zero-order valence-corrected chi connectivity index (χ0v) is 11.9. The van der Waals surface area contributed by atoms with Crippen LogP contribution in [0.3, 0.4) is 0 Å². The van der Waals surface area contributed by atoms with Crippen LogP contribution in [0, 0.1) is 0 Å². The van der Waals surface area contributed by atoms with Crippen LogP contribution in [-0.2, 0) is 23.7 Å². The lowest BCUT2D eigenvalue weighted by molar-refractivity contribution is -0.250. The van der Waals surface area contributed by atoms with E-state index in [1.807, 2.05) is 13.8 Å². The fourth-order valence-corrected chi connectivity index (χ4v) is 3.09. The first-order valence-corrected chi connectivity index (χ1v) is 6.60. The second kappa shape index (κ2) is 4.62.